The van der Waals surface area contributed by atoms with Gasteiger partial charge in [-0.2, -0.15) is 0 Å². The largest absolute Gasteiger partial charge is 0.444 e. The van der Waals surface area contributed by atoms with Crippen LogP contribution in [-0.2, 0) is 9.47 Å². The summed E-state index contributed by atoms with van der Waals surface area (Å²) in [5.41, 5.74) is 0.830. The molecule has 5 nitrogen and oxygen atoms in total. The average Bonchev–Trinajstić information content (AvgIpc) is 2.97. The van der Waals surface area contributed by atoms with Crippen molar-refractivity contribution in [3.8, 4) is 0 Å². The van der Waals surface area contributed by atoms with Crippen LogP contribution >= 0.6 is 0 Å². The van der Waals surface area contributed by atoms with Crippen molar-refractivity contribution in [2.45, 2.75) is 51.5 Å². The minimum Gasteiger partial charge on any atom is -0.444 e. The van der Waals surface area contributed by atoms with Gasteiger partial charge < -0.3 is 14.4 Å². The molecular weight excluding hydrogens is 304 g/mol. The quantitative estimate of drug-likeness (QED) is 0.835. The number of ether oxygens (including phenoxy) is 2. The topological polar surface area (TPSA) is 42.0 Å². The molecule has 1 amide bonds. The van der Waals surface area contributed by atoms with Gasteiger partial charge in [0.1, 0.15) is 5.60 Å². The molecular formula is C19H28N2O3. The molecule has 3 rings (SSSR count). The second-order valence-electron chi connectivity index (χ2n) is 7.69. The lowest BCUT2D eigenvalue weighted by Gasteiger charge is -2.40. The van der Waals surface area contributed by atoms with Crippen molar-refractivity contribution in [3.63, 3.8) is 0 Å². The van der Waals surface area contributed by atoms with Crippen molar-refractivity contribution >= 4 is 6.09 Å². The number of nitrogens with zero attached hydrogens (tertiary/aromatic N) is 2. The first-order valence-corrected chi connectivity index (χ1v) is 8.75. The minimum absolute atomic E-state index is 0.0671. The van der Waals surface area contributed by atoms with Crippen LogP contribution in [-0.4, -0.2) is 59.9 Å². The molecule has 0 bridgehead atoms. The fourth-order valence-corrected chi connectivity index (χ4v) is 3.59. The normalized spacial score (nSPS) is 26.1. The maximum absolute atomic E-state index is 12.4. The lowest BCUT2D eigenvalue weighted by atomic mass is 10.0. The highest BCUT2D eigenvalue weighted by atomic mass is 16.6. The first-order chi connectivity index (χ1) is 11.3. The molecule has 0 saturated carbocycles. The van der Waals surface area contributed by atoms with E-state index in [1.165, 1.54) is 5.56 Å². The van der Waals surface area contributed by atoms with Crippen molar-refractivity contribution in [1.29, 1.82) is 0 Å². The number of fused-ring (bicyclic) bond motifs is 1. The molecule has 2 aliphatic rings. The smallest absolute Gasteiger partial charge is 0.410 e. The summed E-state index contributed by atoms with van der Waals surface area (Å²) < 4.78 is 11.5. The van der Waals surface area contributed by atoms with Gasteiger partial charge in [-0.3, -0.25) is 4.90 Å². The van der Waals surface area contributed by atoms with Crippen LogP contribution in [0.2, 0.25) is 0 Å². The molecule has 0 unspecified atom stereocenters. The summed E-state index contributed by atoms with van der Waals surface area (Å²) in [5.74, 6) is 0. The number of hydrogen-bond donors (Lipinski definition) is 0. The van der Waals surface area contributed by atoms with Gasteiger partial charge >= 0.3 is 6.09 Å². The first kappa shape index (κ1) is 17.2. The fraction of sp³-hybridized carbons (Fsp3) is 0.632. The summed E-state index contributed by atoms with van der Waals surface area (Å²) >= 11 is 0. The Balaban J connectivity index is 1.70. The number of carbonyl (C=O) groups is 1. The van der Waals surface area contributed by atoms with Gasteiger partial charge in [-0.25, -0.2) is 4.79 Å². The number of likely N-dealkylation sites (tertiary alicyclic amines) is 1. The predicted molar refractivity (Wildman–Crippen MR) is 92.9 cm³/mol. The third-order valence-corrected chi connectivity index (χ3v) is 4.78. The summed E-state index contributed by atoms with van der Waals surface area (Å²) in [5, 5.41) is 0. The van der Waals surface area contributed by atoms with E-state index in [1.807, 2.05) is 26.8 Å². The molecule has 0 radical (unpaired) electrons. The van der Waals surface area contributed by atoms with Gasteiger partial charge in [-0.15, -0.1) is 0 Å². The van der Waals surface area contributed by atoms with E-state index >= 15 is 0 Å². The zero-order valence-corrected chi connectivity index (χ0v) is 15.1. The Morgan fingerprint density at radius 2 is 1.96 bits per heavy atom. The molecule has 5 heteroatoms. The van der Waals surface area contributed by atoms with Gasteiger partial charge in [0.2, 0.25) is 0 Å². The lowest BCUT2D eigenvalue weighted by Crippen LogP contribution is -2.51. The summed E-state index contributed by atoms with van der Waals surface area (Å²) in [4.78, 5) is 16.6. The molecule has 2 heterocycles. The number of hydrogen-bond acceptors (Lipinski definition) is 4. The highest BCUT2D eigenvalue weighted by Crippen LogP contribution is 2.31. The molecule has 2 saturated heterocycles. The second kappa shape index (κ2) is 6.73. The van der Waals surface area contributed by atoms with Crippen LogP contribution in [0.25, 0.3) is 0 Å². The first-order valence-electron chi connectivity index (χ1n) is 8.75. The highest BCUT2D eigenvalue weighted by molar-refractivity contribution is 5.68. The third-order valence-electron chi connectivity index (χ3n) is 4.78. The summed E-state index contributed by atoms with van der Waals surface area (Å²) in [6.07, 6.45) is -0.176. The zero-order chi connectivity index (χ0) is 17.3. The van der Waals surface area contributed by atoms with Crippen molar-refractivity contribution in [2.24, 2.45) is 0 Å². The molecule has 0 aliphatic carbocycles. The molecule has 2 fully saturated rings. The fourth-order valence-electron chi connectivity index (χ4n) is 3.59. The molecule has 1 aromatic carbocycles. The Kier molecular flexibility index (Phi) is 4.83. The van der Waals surface area contributed by atoms with Crippen LogP contribution in [0.5, 0.6) is 0 Å². The Labute approximate surface area is 144 Å². The zero-order valence-electron chi connectivity index (χ0n) is 15.1. The molecule has 0 spiro atoms. The number of amides is 1. The van der Waals surface area contributed by atoms with Crippen molar-refractivity contribution in [2.75, 3.05) is 26.2 Å². The Hall–Kier alpha value is -1.59. The standard InChI is InChI=1S/C19H28N2O3/c1-14(15-8-6-5-7-9-15)21-10-11-23-17-13-20(12-16(17)21)18(22)24-19(2,3)4/h5-9,14,16-17H,10-13H2,1-4H3/t14-,16-,17-/m1/s1. The monoisotopic (exact) mass is 332 g/mol. The van der Waals surface area contributed by atoms with Crippen LogP contribution in [0, 0.1) is 0 Å². The van der Waals surface area contributed by atoms with E-state index in [-0.39, 0.29) is 18.2 Å². The van der Waals surface area contributed by atoms with Gasteiger partial charge in [0.25, 0.3) is 0 Å². The highest BCUT2D eigenvalue weighted by Gasteiger charge is 2.44. The van der Waals surface area contributed by atoms with E-state index < -0.39 is 5.60 Å². The number of morpholine rings is 1. The van der Waals surface area contributed by atoms with Gasteiger partial charge in [0, 0.05) is 19.1 Å². The average molecular weight is 332 g/mol. The molecule has 132 valence electrons. The lowest BCUT2D eigenvalue weighted by molar-refractivity contribution is -0.0616. The maximum Gasteiger partial charge on any atom is 0.410 e. The second-order valence-corrected chi connectivity index (χ2v) is 7.69. The minimum atomic E-state index is -0.470. The van der Waals surface area contributed by atoms with Crippen molar-refractivity contribution in [3.05, 3.63) is 35.9 Å². The van der Waals surface area contributed by atoms with Crippen LogP contribution in [0.4, 0.5) is 4.79 Å². The van der Waals surface area contributed by atoms with Gasteiger partial charge in [-0.1, -0.05) is 30.3 Å². The Morgan fingerprint density at radius 1 is 1.25 bits per heavy atom. The molecule has 0 N–H and O–H groups in total. The number of carbonyl (C=O) groups excluding carboxylic acids is 1. The number of benzene rings is 1. The molecule has 24 heavy (non-hydrogen) atoms. The van der Waals surface area contributed by atoms with Gasteiger partial charge in [0.05, 0.1) is 25.3 Å². The van der Waals surface area contributed by atoms with Crippen LogP contribution in [0.3, 0.4) is 0 Å². The van der Waals surface area contributed by atoms with E-state index in [2.05, 4.69) is 36.1 Å². The SMILES string of the molecule is C[C@H](c1ccccc1)N1CCO[C@@H]2CN(C(=O)OC(C)(C)C)C[C@H]21. The van der Waals surface area contributed by atoms with E-state index in [4.69, 9.17) is 9.47 Å². The molecule has 1 aromatic rings. The summed E-state index contributed by atoms with van der Waals surface area (Å²) in [6, 6.07) is 11.0. The van der Waals surface area contributed by atoms with Gasteiger partial charge in [0.15, 0.2) is 0 Å². The maximum atomic E-state index is 12.4. The predicted octanol–water partition coefficient (Wildman–Crippen LogP) is 3.07. The molecule has 3 atom stereocenters. The van der Waals surface area contributed by atoms with Crippen molar-refractivity contribution < 1.29 is 14.3 Å². The molecule has 0 aromatic heterocycles. The van der Waals surface area contributed by atoms with E-state index in [0.717, 1.165) is 6.54 Å². The van der Waals surface area contributed by atoms with E-state index in [1.54, 1.807) is 4.90 Å². The van der Waals surface area contributed by atoms with Crippen LogP contribution < -0.4 is 0 Å². The molecule has 2 aliphatic heterocycles. The van der Waals surface area contributed by atoms with Gasteiger partial charge in [-0.05, 0) is 33.3 Å². The van der Waals surface area contributed by atoms with E-state index in [0.29, 0.717) is 25.7 Å². The van der Waals surface area contributed by atoms with Crippen LogP contribution in [0.1, 0.15) is 39.3 Å². The number of rotatable bonds is 2. The van der Waals surface area contributed by atoms with Crippen molar-refractivity contribution in [1.82, 2.24) is 9.80 Å². The Morgan fingerprint density at radius 3 is 2.62 bits per heavy atom. The third kappa shape index (κ3) is 3.73. The Bertz CT molecular complexity index is 570. The summed E-state index contributed by atoms with van der Waals surface area (Å²) in [6.45, 7) is 10.8. The summed E-state index contributed by atoms with van der Waals surface area (Å²) in [7, 11) is 0. The van der Waals surface area contributed by atoms with Crippen LogP contribution in [0.15, 0.2) is 30.3 Å². The van der Waals surface area contributed by atoms with E-state index in [9.17, 15) is 4.79 Å².